The van der Waals surface area contributed by atoms with E-state index in [4.69, 9.17) is 10.00 Å². The maximum Gasteiger partial charge on any atom is 0.124 e. The highest BCUT2D eigenvalue weighted by Crippen LogP contribution is 2.25. The van der Waals surface area contributed by atoms with Crippen molar-refractivity contribution in [2.24, 2.45) is 0 Å². The largest absolute Gasteiger partial charge is 0.496 e. The Morgan fingerprint density at radius 3 is 2.80 bits per heavy atom. The molecule has 0 heterocycles. The molecule has 0 aliphatic heterocycles. The van der Waals surface area contributed by atoms with Crippen LogP contribution in [0, 0.1) is 11.3 Å². The third kappa shape index (κ3) is 3.28. The molecule has 2 aromatic rings. The minimum absolute atomic E-state index is 0.343. The van der Waals surface area contributed by atoms with Crippen LogP contribution in [0.25, 0.3) is 0 Å². The Balaban J connectivity index is 2.05. The molecule has 0 bridgehead atoms. The molecule has 0 aliphatic rings. The number of rotatable bonds is 5. The quantitative estimate of drug-likeness (QED) is 0.875. The Kier molecular flexibility index (Phi) is 4.59. The average Bonchev–Trinajstić information content (AvgIpc) is 2.52. The van der Waals surface area contributed by atoms with E-state index < -0.39 is 6.10 Å². The first kappa shape index (κ1) is 13.9. The number of aliphatic hydroxyl groups excluding tert-OH is 1. The van der Waals surface area contributed by atoms with Crippen LogP contribution < -0.4 is 10.1 Å². The number of hydrogen-bond acceptors (Lipinski definition) is 4. The van der Waals surface area contributed by atoms with Gasteiger partial charge in [-0.3, -0.25) is 0 Å². The molecule has 0 aliphatic carbocycles. The number of ether oxygens (including phenoxy) is 1. The van der Waals surface area contributed by atoms with Crippen LogP contribution >= 0.6 is 0 Å². The normalized spacial score (nSPS) is 11.4. The molecular weight excluding hydrogens is 252 g/mol. The molecule has 0 fully saturated rings. The molecule has 0 saturated carbocycles. The number of methoxy groups -OCH3 is 1. The first-order chi connectivity index (χ1) is 9.74. The van der Waals surface area contributed by atoms with Gasteiger partial charge in [0, 0.05) is 17.8 Å². The van der Waals surface area contributed by atoms with Crippen LogP contribution in [0.1, 0.15) is 17.2 Å². The van der Waals surface area contributed by atoms with Crippen molar-refractivity contribution in [3.8, 4) is 11.8 Å². The van der Waals surface area contributed by atoms with E-state index in [1.807, 2.05) is 30.3 Å². The summed E-state index contributed by atoms with van der Waals surface area (Å²) >= 11 is 0. The van der Waals surface area contributed by atoms with Gasteiger partial charge >= 0.3 is 0 Å². The molecule has 0 radical (unpaired) electrons. The number of anilines is 1. The molecule has 20 heavy (non-hydrogen) atoms. The number of nitrogens with one attached hydrogen (secondary N) is 1. The highest BCUT2D eigenvalue weighted by molar-refractivity contribution is 5.49. The molecule has 0 saturated heterocycles. The van der Waals surface area contributed by atoms with Crippen LogP contribution in [0.2, 0.25) is 0 Å². The van der Waals surface area contributed by atoms with Gasteiger partial charge in [0.25, 0.3) is 0 Å². The van der Waals surface area contributed by atoms with E-state index in [2.05, 4.69) is 11.4 Å². The van der Waals surface area contributed by atoms with Gasteiger partial charge in [0.15, 0.2) is 0 Å². The molecular formula is C16H16N2O2. The highest BCUT2D eigenvalue weighted by atomic mass is 16.5. The van der Waals surface area contributed by atoms with Crippen molar-refractivity contribution in [3.63, 3.8) is 0 Å². The summed E-state index contributed by atoms with van der Waals surface area (Å²) in [4.78, 5) is 0. The fraction of sp³-hybridized carbons (Fsp3) is 0.188. The Labute approximate surface area is 118 Å². The molecule has 102 valence electrons. The van der Waals surface area contributed by atoms with Crippen LogP contribution in [-0.2, 0) is 0 Å². The number of nitriles is 1. The van der Waals surface area contributed by atoms with E-state index >= 15 is 0 Å². The lowest BCUT2D eigenvalue weighted by Gasteiger charge is -2.16. The van der Waals surface area contributed by atoms with Gasteiger partial charge in [-0.15, -0.1) is 0 Å². The summed E-state index contributed by atoms with van der Waals surface area (Å²) in [5.41, 5.74) is 2.12. The van der Waals surface area contributed by atoms with Gasteiger partial charge < -0.3 is 15.2 Å². The third-order valence-corrected chi connectivity index (χ3v) is 2.99. The summed E-state index contributed by atoms with van der Waals surface area (Å²) in [5, 5.41) is 22.2. The maximum absolute atomic E-state index is 10.2. The van der Waals surface area contributed by atoms with Crippen LogP contribution in [0.15, 0.2) is 48.5 Å². The van der Waals surface area contributed by atoms with E-state index in [0.717, 1.165) is 11.3 Å². The van der Waals surface area contributed by atoms with E-state index in [1.165, 1.54) is 0 Å². The highest BCUT2D eigenvalue weighted by Gasteiger charge is 2.12. The van der Waals surface area contributed by atoms with E-state index in [9.17, 15) is 5.11 Å². The zero-order valence-electron chi connectivity index (χ0n) is 11.2. The molecule has 2 aromatic carbocycles. The number of hydrogen-bond donors (Lipinski definition) is 2. The van der Waals surface area contributed by atoms with Crippen LogP contribution in [-0.4, -0.2) is 18.8 Å². The van der Waals surface area contributed by atoms with Crippen LogP contribution in [0.5, 0.6) is 5.75 Å². The van der Waals surface area contributed by atoms with Crippen molar-refractivity contribution in [3.05, 3.63) is 59.7 Å². The molecule has 0 spiro atoms. The molecule has 1 atom stereocenters. The van der Waals surface area contributed by atoms with Gasteiger partial charge in [-0.1, -0.05) is 24.3 Å². The van der Waals surface area contributed by atoms with Gasteiger partial charge in [-0.2, -0.15) is 5.26 Å². The topological polar surface area (TPSA) is 65.3 Å². The second kappa shape index (κ2) is 6.60. The Hall–Kier alpha value is -2.51. The second-order valence-corrected chi connectivity index (χ2v) is 4.33. The fourth-order valence-corrected chi connectivity index (χ4v) is 1.96. The molecule has 4 heteroatoms. The predicted octanol–water partition coefficient (Wildman–Crippen LogP) is 2.71. The molecule has 1 unspecified atom stereocenters. The molecule has 0 amide bonds. The predicted molar refractivity (Wildman–Crippen MR) is 77.6 cm³/mol. The van der Waals surface area contributed by atoms with Gasteiger partial charge in [-0.05, 0) is 24.3 Å². The summed E-state index contributed by atoms with van der Waals surface area (Å²) < 4.78 is 5.22. The lowest BCUT2D eigenvalue weighted by Crippen LogP contribution is -2.13. The lowest BCUT2D eigenvalue weighted by molar-refractivity contribution is 0.187. The second-order valence-electron chi connectivity index (χ2n) is 4.33. The summed E-state index contributed by atoms with van der Waals surface area (Å²) in [6.07, 6.45) is -0.683. The third-order valence-electron chi connectivity index (χ3n) is 2.99. The Morgan fingerprint density at radius 2 is 2.05 bits per heavy atom. The summed E-state index contributed by atoms with van der Waals surface area (Å²) in [6.45, 7) is 0.343. The molecule has 2 rings (SSSR count). The fourth-order valence-electron chi connectivity index (χ4n) is 1.96. The summed E-state index contributed by atoms with van der Waals surface area (Å²) in [5.74, 6) is 0.660. The molecule has 0 aromatic heterocycles. The number of nitrogens with zero attached hydrogens (tertiary/aromatic N) is 1. The monoisotopic (exact) mass is 268 g/mol. The molecule has 4 nitrogen and oxygen atoms in total. The van der Waals surface area contributed by atoms with Gasteiger partial charge in [-0.25, -0.2) is 0 Å². The van der Waals surface area contributed by atoms with Gasteiger partial charge in [0.1, 0.15) is 5.75 Å². The van der Waals surface area contributed by atoms with Crippen molar-refractivity contribution < 1.29 is 9.84 Å². The molecule has 2 N–H and O–H groups in total. The lowest BCUT2D eigenvalue weighted by atomic mass is 10.1. The van der Waals surface area contributed by atoms with Gasteiger partial charge in [0.05, 0.1) is 24.8 Å². The SMILES string of the molecule is COc1ccccc1C(O)CNc1cccc(C#N)c1. The Bertz CT molecular complexity index is 620. The number of benzene rings is 2. The van der Waals surface area contributed by atoms with E-state index in [-0.39, 0.29) is 0 Å². The van der Waals surface area contributed by atoms with Crippen LogP contribution in [0.3, 0.4) is 0 Å². The van der Waals surface area contributed by atoms with Crippen molar-refractivity contribution in [1.29, 1.82) is 5.26 Å². The van der Waals surface area contributed by atoms with Crippen molar-refractivity contribution in [1.82, 2.24) is 0 Å². The Morgan fingerprint density at radius 1 is 1.25 bits per heavy atom. The zero-order chi connectivity index (χ0) is 14.4. The van der Waals surface area contributed by atoms with Crippen molar-refractivity contribution in [2.45, 2.75) is 6.10 Å². The number of aliphatic hydroxyl groups is 1. The van der Waals surface area contributed by atoms with Crippen LogP contribution in [0.4, 0.5) is 5.69 Å². The minimum atomic E-state index is -0.683. The maximum atomic E-state index is 10.2. The van der Waals surface area contributed by atoms with Crippen molar-refractivity contribution in [2.75, 3.05) is 19.0 Å². The first-order valence-electron chi connectivity index (χ1n) is 6.29. The van der Waals surface area contributed by atoms with E-state index in [0.29, 0.717) is 17.9 Å². The number of para-hydroxylation sites is 1. The summed E-state index contributed by atoms with van der Waals surface area (Å²) in [6, 6.07) is 16.6. The summed E-state index contributed by atoms with van der Waals surface area (Å²) in [7, 11) is 1.58. The smallest absolute Gasteiger partial charge is 0.124 e. The van der Waals surface area contributed by atoms with Crippen molar-refractivity contribution >= 4 is 5.69 Å². The van der Waals surface area contributed by atoms with Gasteiger partial charge in [0.2, 0.25) is 0 Å². The average molecular weight is 268 g/mol. The zero-order valence-corrected chi connectivity index (χ0v) is 11.2. The standard InChI is InChI=1S/C16H16N2O2/c1-20-16-8-3-2-7-14(16)15(19)11-18-13-6-4-5-12(9-13)10-17/h2-9,15,18-19H,11H2,1H3. The van der Waals surface area contributed by atoms with E-state index in [1.54, 1.807) is 25.3 Å². The minimum Gasteiger partial charge on any atom is -0.496 e. The first-order valence-corrected chi connectivity index (χ1v) is 6.29.